The number of methoxy groups -OCH3 is 1. The van der Waals surface area contributed by atoms with E-state index in [1.54, 1.807) is 44.9 Å². The van der Waals surface area contributed by atoms with Gasteiger partial charge in [0, 0.05) is 19.2 Å². The SMILES string of the molecule is COCc1cn(-c2ncn3c4ccc(Cl)cc4c(=O)n(C)c23)nn1. The van der Waals surface area contributed by atoms with Crippen LogP contribution >= 0.6 is 11.6 Å². The Bertz CT molecular complexity index is 1130. The summed E-state index contributed by atoms with van der Waals surface area (Å²) in [4.78, 5) is 17.1. The molecular formula is C15H13ClN6O2. The highest BCUT2D eigenvalue weighted by atomic mass is 35.5. The number of hydrogen-bond donors (Lipinski definition) is 0. The first-order chi connectivity index (χ1) is 11.6. The maximum Gasteiger partial charge on any atom is 0.261 e. The van der Waals surface area contributed by atoms with Crippen LogP contribution < -0.4 is 5.56 Å². The largest absolute Gasteiger partial charge is 0.378 e. The second-order valence-electron chi connectivity index (χ2n) is 5.37. The topological polar surface area (TPSA) is 79.2 Å². The minimum atomic E-state index is -0.154. The van der Waals surface area contributed by atoms with E-state index in [9.17, 15) is 4.79 Å². The van der Waals surface area contributed by atoms with Crippen LogP contribution in [-0.4, -0.2) is 36.1 Å². The zero-order valence-electron chi connectivity index (χ0n) is 13.0. The maximum atomic E-state index is 12.7. The highest BCUT2D eigenvalue weighted by molar-refractivity contribution is 6.31. The molecule has 0 aliphatic carbocycles. The molecule has 0 radical (unpaired) electrons. The van der Waals surface area contributed by atoms with Crippen molar-refractivity contribution in [3.05, 3.63) is 51.8 Å². The van der Waals surface area contributed by atoms with E-state index in [1.165, 1.54) is 9.25 Å². The maximum absolute atomic E-state index is 12.7. The predicted octanol–water partition coefficient (Wildman–Crippen LogP) is 1.57. The summed E-state index contributed by atoms with van der Waals surface area (Å²) in [5.74, 6) is 0.515. The first-order valence-electron chi connectivity index (χ1n) is 7.16. The molecule has 0 N–H and O–H groups in total. The molecule has 0 fully saturated rings. The number of ether oxygens (including phenoxy) is 1. The van der Waals surface area contributed by atoms with E-state index in [1.807, 2.05) is 4.40 Å². The molecule has 3 aromatic heterocycles. The van der Waals surface area contributed by atoms with Gasteiger partial charge in [-0.2, -0.15) is 4.68 Å². The molecule has 3 heterocycles. The molecule has 0 bridgehead atoms. The van der Waals surface area contributed by atoms with Gasteiger partial charge in [0.05, 0.1) is 23.7 Å². The molecule has 4 aromatic rings. The molecule has 24 heavy (non-hydrogen) atoms. The van der Waals surface area contributed by atoms with Gasteiger partial charge in [-0.05, 0) is 18.2 Å². The lowest BCUT2D eigenvalue weighted by Crippen LogP contribution is -2.20. The highest BCUT2D eigenvalue weighted by Crippen LogP contribution is 2.21. The van der Waals surface area contributed by atoms with Crippen molar-refractivity contribution in [3.63, 3.8) is 0 Å². The lowest BCUT2D eigenvalue weighted by molar-refractivity contribution is 0.181. The standard InChI is InChI=1S/C15H13ClN6O2/c1-20-14-13(22-6-10(7-24-2)18-19-22)17-8-21(14)12-4-3-9(16)5-11(12)15(20)23/h3-6,8H,7H2,1-2H3. The van der Waals surface area contributed by atoms with Crippen LogP contribution in [0.15, 0.2) is 35.5 Å². The predicted molar refractivity (Wildman–Crippen MR) is 88.6 cm³/mol. The average Bonchev–Trinajstić information content (AvgIpc) is 3.19. The monoisotopic (exact) mass is 344 g/mol. The number of aromatic nitrogens is 6. The van der Waals surface area contributed by atoms with E-state index >= 15 is 0 Å². The van der Waals surface area contributed by atoms with Gasteiger partial charge in [-0.3, -0.25) is 13.8 Å². The van der Waals surface area contributed by atoms with Gasteiger partial charge in [-0.25, -0.2) is 4.98 Å². The number of aryl methyl sites for hydroxylation is 1. The fourth-order valence-corrected chi connectivity index (χ4v) is 2.94. The molecule has 0 unspecified atom stereocenters. The first kappa shape index (κ1) is 14.9. The summed E-state index contributed by atoms with van der Waals surface area (Å²) in [5.41, 5.74) is 1.87. The van der Waals surface area contributed by atoms with Gasteiger partial charge in [0.1, 0.15) is 12.0 Å². The molecule has 0 aliphatic rings. The fourth-order valence-electron chi connectivity index (χ4n) is 2.76. The Balaban J connectivity index is 2.03. The Kier molecular flexibility index (Phi) is 3.36. The van der Waals surface area contributed by atoms with Gasteiger partial charge in [0.15, 0.2) is 11.5 Å². The van der Waals surface area contributed by atoms with Crippen LogP contribution in [0.5, 0.6) is 0 Å². The molecule has 1 aromatic carbocycles. The molecule has 0 aliphatic heterocycles. The number of fused-ring (bicyclic) bond motifs is 3. The Morgan fingerprint density at radius 2 is 2.17 bits per heavy atom. The van der Waals surface area contributed by atoms with Crippen molar-refractivity contribution in [2.24, 2.45) is 7.05 Å². The van der Waals surface area contributed by atoms with Crippen molar-refractivity contribution < 1.29 is 4.74 Å². The van der Waals surface area contributed by atoms with Crippen molar-refractivity contribution in [2.45, 2.75) is 6.61 Å². The molecule has 0 saturated heterocycles. The summed E-state index contributed by atoms with van der Waals surface area (Å²) >= 11 is 6.02. The molecule has 9 heteroatoms. The Hall–Kier alpha value is -2.71. The summed E-state index contributed by atoms with van der Waals surface area (Å²) in [5, 5.41) is 9.14. The lowest BCUT2D eigenvalue weighted by atomic mass is 10.2. The van der Waals surface area contributed by atoms with Crippen molar-refractivity contribution in [2.75, 3.05) is 7.11 Å². The average molecular weight is 345 g/mol. The summed E-state index contributed by atoms with van der Waals surface area (Å²) in [6, 6.07) is 5.20. The first-order valence-corrected chi connectivity index (χ1v) is 7.54. The van der Waals surface area contributed by atoms with Crippen LogP contribution in [-0.2, 0) is 18.4 Å². The van der Waals surface area contributed by atoms with Crippen LogP contribution in [0.3, 0.4) is 0 Å². The summed E-state index contributed by atoms with van der Waals surface area (Å²) in [6.45, 7) is 0.353. The van der Waals surface area contributed by atoms with Gasteiger partial charge in [0.2, 0.25) is 0 Å². The van der Waals surface area contributed by atoms with Gasteiger partial charge in [0.25, 0.3) is 5.56 Å². The Morgan fingerprint density at radius 1 is 1.33 bits per heavy atom. The van der Waals surface area contributed by atoms with Crippen LogP contribution in [0.2, 0.25) is 5.02 Å². The quantitative estimate of drug-likeness (QED) is 0.563. The third kappa shape index (κ3) is 2.11. The van der Waals surface area contributed by atoms with Gasteiger partial charge >= 0.3 is 0 Å². The Morgan fingerprint density at radius 3 is 2.96 bits per heavy atom. The summed E-state index contributed by atoms with van der Waals surface area (Å²) in [6.07, 6.45) is 3.38. The minimum Gasteiger partial charge on any atom is -0.378 e. The van der Waals surface area contributed by atoms with E-state index in [4.69, 9.17) is 16.3 Å². The zero-order chi connectivity index (χ0) is 16.8. The highest BCUT2D eigenvalue weighted by Gasteiger charge is 2.16. The summed E-state index contributed by atoms with van der Waals surface area (Å²) in [7, 11) is 3.28. The van der Waals surface area contributed by atoms with E-state index in [0.29, 0.717) is 34.2 Å². The third-order valence-corrected chi connectivity index (χ3v) is 4.08. The number of benzene rings is 1. The smallest absolute Gasteiger partial charge is 0.261 e. The van der Waals surface area contributed by atoms with Crippen LogP contribution in [0.25, 0.3) is 22.4 Å². The molecule has 0 amide bonds. The number of nitrogens with zero attached hydrogens (tertiary/aromatic N) is 6. The van der Waals surface area contributed by atoms with E-state index in [0.717, 1.165) is 5.52 Å². The van der Waals surface area contributed by atoms with Gasteiger partial charge in [-0.1, -0.05) is 16.8 Å². The van der Waals surface area contributed by atoms with Crippen molar-refractivity contribution in [1.82, 2.24) is 28.9 Å². The van der Waals surface area contributed by atoms with Crippen LogP contribution in [0, 0.1) is 0 Å². The Labute approximate surface area is 140 Å². The molecule has 8 nitrogen and oxygen atoms in total. The molecule has 0 spiro atoms. The fraction of sp³-hybridized carbons (Fsp3) is 0.200. The minimum absolute atomic E-state index is 0.154. The van der Waals surface area contributed by atoms with Gasteiger partial charge < -0.3 is 4.74 Å². The van der Waals surface area contributed by atoms with Crippen molar-refractivity contribution in [3.8, 4) is 5.82 Å². The number of halogens is 1. The molecule has 4 rings (SSSR count). The number of hydrogen-bond acceptors (Lipinski definition) is 5. The molecule has 0 atom stereocenters. The van der Waals surface area contributed by atoms with Gasteiger partial charge in [-0.15, -0.1) is 5.10 Å². The third-order valence-electron chi connectivity index (χ3n) is 3.84. The number of rotatable bonds is 3. The normalized spacial score (nSPS) is 11.6. The second-order valence-corrected chi connectivity index (χ2v) is 5.81. The second kappa shape index (κ2) is 5.43. The van der Waals surface area contributed by atoms with Crippen molar-refractivity contribution >= 4 is 28.2 Å². The molecule has 122 valence electrons. The van der Waals surface area contributed by atoms with Crippen LogP contribution in [0.4, 0.5) is 0 Å². The molecular weight excluding hydrogens is 332 g/mol. The molecule has 0 saturated carbocycles. The zero-order valence-corrected chi connectivity index (χ0v) is 13.7. The van der Waals surface area contributed by atoms with E-state index < -0.39 is 0 Å². The van der Waals surface area contributed by atoms with E-state index in [2.05, 4.69) is 15.3 Å². The lowest BCUT2D eigenvalue weighted by Gasteiger charge is -2.08. The van der Waals surface area contributed by atoms with Crippen molar-refractivity contribution in [1.29, 1.82) is 0 Å². The van der Waals surface area contributed by atoms with E-state index in [-0.39, 0.29) is 5.56 Å². The van der Waals surface area contributed by atoms with Crippen LogP contribution in [0.1, 0.15) is 5.69 Å². The number of imidazole rings is 1. The summed E-state index contributed by atoms with van der Waals surface area (Å²) < 4.78 is 9.94.